The Morgan fingerprint density at radius 1 is 1.44 bits per heavy atom. The van der Waals surface area contributed by atoms with Crippen LogP contribution in [0.4, 0.5) is 27.8 Å². The molecule has 4 fully saturated rings. The molecule has 11 heteroatoms. The van der Waals surface area contributed by atoms with E-state index >= 15 is 0 Å². The Balaban J connectivity index is 1.55. The summed E-state index contributed by atoms with van der Waals surface area (Å²) in [6, 6.07) is 1.30. The number of alkyl halides is 5. The third kappa shape index (κ3) is 3.96. The molecule has 6 unspecified atom stereocenters. The number of nitrogen functional groups attached to an aromatic ring is 1. The highest BCUT2D eigenvalue weighted by molar-refractivity contribution is 6.07. The van der Waals surface area contributed by atoms with Gasteiger partial charge in [0.1, 0.15) is 5.70 Å². The number of halogens is 5. The number of quaternary nitrogens is 1. The van der Waals surface area contributed by atoms with Crippen LogP contribution in [0.1, 0.15) is 32.3 Å². The molecule has 1 heterocycles. The van der Waals surface area contributed by atoms with Crippen molar-refractivity contribution in [1.29, 1.82) is 5.41 Å². The van der Waals surface area contributed by atoms with Crippen LogP contribution < -0.4 is 21.1 Å². The molecule has 4 aliphatic carbocycles. The fourth-order valence-corrected chi connectivity index (χ4v) is 5.53. The van der Waals surface area contributed by atoms with Crippen LogP contribution in [-0.2, 0) is 0 Å². The summed E-state index contributed by atoms with van der Waals surface area (Å²) in [6.45, 7) is 0.0217. The smallest absolute Gasteiger partial charge is 0.401 e. The van der Waals surface area contributed by atoms with E-state index in [9.17, 15) is 22.0 Å². The molecule has 1 aromatic heterocycles. The van der Waals surface area contributed by atoms with Gasteiger partial charge in [-0.2, -0.15) is 22.0 Å². The van der Waals surface area contributed by atoms with E-state index in [0.29, 0.717) is 18.3 Å². The number of aromatic nitrogens is 1. The van der Waals surface area contributed by atoms with Crippen molar-refractivity contribution in [3.05, 3.63) is 29.6 Å². The van der Waals surface area contributed by atoms with Crippen molar-refractivity contribution in [2.45, 2.75) is 51.6 Å². The molecule has 5 rings (SSSR count). The summed E-state index contributed by atoms with van der Waals surface area (Å²) < 4.78 is 67.5. The van der Waals surface area contributed by atoms with E-state index in [4.69, 9.17) is 11.1 Å². The largest absolute Gasteiger partial charge is 0.431 e. The molecule has 6 nitrogen and oxygen atoms in total. The molecule has 2 bridgehead atoms. The lowest BCUT2D eigenvalue weighted by Crippen LogP contribution is -2.88. The van der Waals surface area contributed by atoms with Gasteiger partial charge in [-0.3, -0.25) is 5.41 Å². The molecule has 0 radical (unpaired) electrons. The lowest BCUT2D eigenvalue weighted by molar-refractivity contribution is -0.646. The van der Waals surface area contributed by atoms with Gasteiger partial charge in [-0.15, -0.1) is 0 Å². The first-order valence-electron chi connectivity index (χ1n) is 10.7. The number of anilines is 1. The lowest BCUT2D eigenvalue weighted by atomic mass is 9.98. The quantitative estimate of drug-likeness (QED) is 0.319. The van der Waals surface area contributed by atoms with Gasteiger partial charge < -0.3 is 21.1 Å². The summed E-state index contributed by atoms with van der Waals surface area (Å²) in [4.78, 5) is 3.85. The van der Waals surface area contributed by atoms with E-state index in [2.05, 4.69) is 27.3 Å². The minimum absolute atomic E-state index is 0.0669. The number of rotatable bonds is 10. The second-order valence-corrected chi connectivity index (χ2v) is 8.98. The van der Waals surface area contributed by atoms with Crippen LogP contribution in [0.3, 0.4) is 0 Å². The molecule has 32 heavy (non-hydrogen) atoms. The predicted molar refractivity (Wildman–Crippen MR) is 107 cm³/mol. The molecule has 6 N–H and O–H groups in total. The molecule has 0 spiro atoms. The summed E-state index contributed by atoms with van der Waals surface area (Å²) in [6.07, 6.45) is 0.348. The average Bonchev–Trinajstić information content (AvgIpc) is 3.45. The Hall–Kier alpha value is -2.27. The second kappa shape index (κ2) is 7.95. The van der Waals surface area contributed by atoms with E-state index in [-0.39, 0.29) is 46.3 Å². The van der Waals surface area contributed by atoms with Crippen LogP contribution in [0.2, 0.25) is 0 Å². The summed E-state index contributed by atoms with van der Waals surface area (Å²) >= 11 is 0. The molecule has 1 aromatic rings. The van der Waals surface area contributed by atoms with Gasteiger partial charge in [-0.05, 0) is 43.6 Å². The van der Waals surface area contributed by atoms with Crippen molar-refractivity contribution in [2.24, 2.45) is 23.2 Å². The lowest BCUT2D eigenvalue weighted by Gasteiger charge is -2.18. The summed E-state index contributed by atoms with van der Waals surface area (Å²) in [5.74, 6) is 0.302. The Kier molecular flexibility index (Phi) is 5.69. The maximum Gasteiger partial charge on any atom is 0.401 e. The van der Waals surface area contributed by atoms with Crippen LogP contribution >= 0.6 is 0 Å². The maximum atomic E-state index is 12.6. The molecule has 0 amide bonds. The Bertz CT molecular complexity index is 930. The van der Waals surface area contributed by atoms with Crippen molar-refractivity contribution < 1.29 is 32.0 Å². The molecule has 0 aliphatic heterocycles. The maximum absolute atomic E-state index is 12.6. The van der Waals surface area contributed by atoms with E-state index in [0.717, 1.165) is 12.1 Å². The summed E-state index contributed by atoms with van der Waals surface area (Å²) in [5, 5.41) is 13.3. The van der Waals surface area contributed by atoms with Gasteiger partial charge in [-0.1, -0.05) is 6.92 Å². The Morgan fingerprint density at radius 2 is 2.16 bits per heavy atom. The first-order chi connectivity index (χ1) is 15.0. The van der Waals surface area contributed by atoms with Gasteiger partial charge in [-0.25, -0.2) is 4.98 Å². The van der Waals surface area contributed by atoms with Crippen molar-refractivity contribution in [1.82, 2.24) is 10.3 Å². The number of pyridine rings is 1. The number of fused-ring (bicyclic) bond motifs is 1. The van der Waals surface area contributed by atoms with Crippen molar-refractivity contribution in [2.75, 3.05) is 12.3 Å². The zero-order chi connectivity index (χ0) is 23.4. The molecular weight excluding hydrogens is 433 g/mol. The van der Waals surface area contributed by atoms with E-state index in [1.165, 1.54) is 12.3 Å². The molecule has 0 saturated heterocycles. The fourth-order valence-electron chi connectivity index (χ4n) is 5.53. The number of nitrogens with zero attached hydrogens (tertiary/aromatic N) is 1. The number of hydrogen-bond donors (Lipinski definition) is 4. The molecule has 6 atom stereocenters. The number of nitrogens with two attached hydrogens (primary N) is 2. The van der Waals surface area contributed by atoms with Crippen LogP contribution in [-0.4, -0.2) is 42.1 Å². The second-order valence-electron chi connectivity index (χ2n) is 8.98. The third-order valence-electron chi connectivity index (χ3n) is 7.14. The highest BCUT2D eigenvalue weighted by Crippen LogP contribution is 2.92. The van der Waals surface area contributed by atoms with Gasteiger partial charge in [0.2, 0.25) is 0 Å². The number of hydrogen-bond acceptors (Lipinski definition) is 5. The van der Waals surface area contributed by atoms with Crippen LogP contribution in [0.5, 0.6) is 5.75 Å². The first-order valence-corrected chi connectivity index (χ1v) is 10.7. The Labute approximate surface area is 182 Å². The predicted octanol–water partition coefficient (Wildman–Crippen LogP) is 2.67. The first kappa shape index (κ1) is 22.9. The Morgan fingerprint density at radius 3 is 2.75 bits per heavy atom. The number of allylic oxidation sites excluding steroid dienone is 2. The fraction of sp³-hybridized carbons (Fsp3) is 0.619. The van der Waals surface area contributed by atoms with Crippen molar-refractivity contribution in [3.63, 3.8) is 0 Å². The van der Waals surface area contributed by atoms with Crippen LogP contribution in [0.25, 0.3) is 0 Å². The minimum atomic E-state index is -4.25. The average molecular weight is 460 g/mol. The molecule has 4 saturated carbocycles. The number of ether oxygens (including phenoxy) is 1. The molecule has 176 valence electrons. The van der Waals surface area contributed by atoms with Gasteiger partial charge in [0.05, 0.1) is 23.7 Å². The van der Waals surface area contributed by atoms with Gasteiger partial charge in [0, 0.05) is 23.9 Å². The highest BCUT2D eigenvalue weighted by atomic mass is 19.4. The summed E-state index contributed by atoms with van der Waals surface area (Å²) in [7, 11) is 0. The highest BCUT2D eigenvalue weighted by Gasteiger charge is 2.94. The SMILES string of the molecule is CCC(C)[NH2+]C(=CC(=N)c1cnc(N)c(OC(F)F)c1)C12C3CC(NCC(F)(F)F)C1C32. The van der Waals surface area contributed by atoms with Crippen LogP contribution in [0.15, 0.2) is 24.0 Å². The van der Waals surface area contributed by atoms with Gasteiger partial charge in [0.15, 0.2) is 11.6 Å². The zero-order valence-electron chi connectivity index (χ0n) is 17.7. The van der Waals surface area contributed by atoms with E-state index < -0.39 is 19.3 Å². The van der Waals surface area contributed by atoms with Gasteiger partial charge >= 0.3 is 12.8 Å². The standard InChI is InChI=1S/C21H26F5N5O/c1-3-9(2)31-15(6-12(27)10-4-14(32-19(22)23)18(28)29-7-10)21-11-5-13(17(21)16(11)21)30-8-20(24,25)26/h4,6-7,9,11,13,16-17,19,27,30-31H,3,5,8H2,1-2H3,(H2,28,29)/p+1. The monoisotopic (exact) mass is 460 g/mol. The number of nitrogens with one attached hydrogen (secondary N) is 2. The molecule has 0 aromatic carbocycles. The normalized spacial score (nSPS) is 31.4. The van der Waals surface area contributed by atoms with E-state index in [1.807, 2.05) is 6.92 Å². The zero-order valence-corrected chi connectivity index (χ0v) is 17.7. The third-order valence-corrected chi connectivity index (χ3v) is 7.14. The van der Waals surface area contributed by atoms with E-state index in [1.54, 1.807) is 6.08 Å². The van der Waals surface area contributed by atoms with Crippen molar-refractivity contribution >= 4 is 11.5 Å². The van der Waals surface area contributed by atoms with Crippen molar-refractivity contribution in [3.8, 4) is 5.75 Å². The molecule has 4 aliphatic rings. The molecular formula is C21H27F5N5O+. The topological polar surface area (TPSA) is 101 Å². The van der Waals surface area contributed by atoms with Gasteiger partial charge in [0.25, 0.3) is 0 Å². The minimum Gasteiger partial charge on any atom is -0.431 e. The summed E-state index contributed by atoms with van der Waals surface area (Å²) in [5.41, 5.74) is 6.69. The van der Waals surface area contributed by atoms with Crippen LogP contribution in [0, 0.1) is 28.6 Å².